The molecule has 5 heteroatoms. The Hall–Kier alpha value is -0.800. The first-order valence-electron chi connectivity index (χ1n) is 5.76. The summed E-state index contributed by atoms with van der Waals surface area (Å²) in [5.74, 6) is -0.728. The normalized spacial score (nSPS) is 14.1. The molecule has 0 aliphatic rings. The molecular weight excluding hydrogens is 276 g/mol. The number of hydrogen-bond donors (Lipinski definition) is 1. The summed E-state index contributed by atoms with van der Waals surface area (Å²) in [5.41, 5.74) is -0.482. The van der Waals surface area contributed by atoms with Gasteiger partial charge in [-0.1, -0.05) is 24.6 Å². The summed E-state index contributed by atoms with van der Waals surface area (Å²) in [4.78, 5) is 12.0. The van der Waals surface area contributed by atoms with Gasteiger partial charge in [0.2, 0.25) is 0 Å². The minimum Gasteiger partial charge on any atom is -0.347 e. The highest BCUT2D eigenvalue weighted by molar-refractivity contribution is 6.31. The van der Waals surface area contributed by atoms with Gasteiger partial charge < -0.3 is 5.32 Å². The Morgan fingerprint density at radius 1 is 1.50 bits per heavy atom. The molecule has 1 rings (SSSR count). The molecule has 1 aromatic rings. The number of halogens is 3. The highest BCUT2D eigenvalue weighted by Gasteiger charge is 2.25. The SMILES string of the molecule is CCC(C)(CCCl)NC(=O)c1cccc(Cl)c1F. The summed E-state index contributed by atoms with van der Waals surface area (Å²) >= 11 is 11.4. The van der Waals surface area contributed by atoms with Gasteiger partial charge in [-0.2, -0.15) is 0 Å². The van der Waals surface area contributed by atoms with E-state index in [4.69, 9.17) is 23.2 Å². The number of alkyl halides is 1. The lowest BCUT2D eigenvalue weighted by atomic mass is 9.95. The van der Waals surface area contributed by atoms with Crippen LogP contribution < -0.4 is 5.32 Å². The number of amides is 1. The molecule has 0 aromatic heterocycles. The third-order valence-corrected chi connectivity index (χ3v) is 3.52. The predicted molar refractivity (Wildman–Crippen MR) is 72.9 cm³/mol. The molecule has 0 bridgehead atoms. The van der Waals surface area contributed by atoms with Crippen LogP contribution in [0.5, 0.6) is 0 Å². The van der Waals surface area contributed by atoms with Crippen LogP contribution in [0.1, 0.15) is 37.0 Å². The van der Waals surface area contributed by atoms with Crippen LogP contribution in [0.4, 0.5) is 4.39 Å². The Balaban J connectivity index is 2.91. The lowest BCUT2D eigenvalue weighted by Gasteiger charge is -2.29. The Labute approximate surface area is 116 Å². The molecule has 0 saturated heterocycles. The van der Waals surface area contributed by atoms with Gasteiger partial charge >= 0.3 is 0 Å². The van der Waals surface area contributed by atoms with Crippen molar-refractivity contribution in [2.24, 2.45) is 0 Å². The first-order chi connectivity index (χ1) is 8.43. The molecule has 0 spiro atoms. The van der Waals surface area contributed by atoms with Crippen molar-refractivity contribution in [2.75, 3.05) is 5.88 Å². The molecule has 0 heterocycles. The summed E-state index contributed by atoms with van der Waals surface area (Å²) in [6.45, 7) is 3.83. The fourth-order valence-electron chi connectivity index (χ4n) is 1.56. The number of carbonyl (C=O) groups excluding carboxylic acids is 1. The third-order valence-electron chi connectivity index (χ3n) is 3.04. The van der Waals surface area contributed by atoms with E-state index in [2.05, 4.69) is 5.32 Å². The monoisotopic (exact) mass is 291 g/mol. The zero-order valence-corrected chi connectivity index (χ0v) is 11.9. The summed E-state index contributed by atoms with van der Waals surface area (Å²) in [5, 5.41) is 2.75. The smallest absolute Gasteiger partial charge is 0.254 e. The maximum atomic E-state index is 13.7. The first-order valence-corrected chi connectivity index (χ1v) is 6.67. The van der Waals surface area contributed by atoms with E-state index in [0.29, 0.717) is 18.7 Å². The van der Waals surface area contributed by atoms with Crippen molar-refractivity contribution >= 4 is 29.1 Å². The predicted octanol–water partition coefficient (Wildman–Crippen LogP) is 4.01. The largest absolute Gasteiger partial charge is 0.347 e. The maximum absolute atomic E-state index is 13.7. The van der Waals surface area contributed by atoms with Crippen molar-refractivity contribution in [3.05, 3.63) is 34.6 Å². The van der Waals surface area contributed by atoms with Gasteiger partial charge in [-0.25, -0.2) is 4.39 Å². The quantitative estimate of drug-likeness (QED) is 0.816. The molecule has 0 aliphatic carbocycles. The van der Waals surface area contributed by atoms with Crippen molar-refractivity contribution in [3.8, 4) is 0 Å². The van der Waals surface area contributed by atoms with Crippen LogP contribution in [0.25, 0.3) is 0 Å². The molecule has 1 unspecified atom stereocenters. The van der Waals surface area contributed by atoms with Crippen LogP contribution >= 0.6 is 23.2 Å². The Bertz CT molecular complexity index is 439. The van der Waals surface area contributed by atoms with Gasteiger partial charge in [0.25, 0.3) is 5.91 Å². The van der Waals surface area contributed by atoms with E-state index in [1.165, 1.54) is 12.1 Å². The van der Waals surface area contributed by atoms with Gasteiger partial charge in [-0.15, -0.1) is 11.6 Å². The second-order valence-corrected chi connectivity index (χ2v) is 5.19. The van der Waals surface area contributed by atoms with E-state index in [1.54, 1.807) is 6.07 Å². The molecule has 1 aromatic carbocycles. The van der Waals surface area contributed by atoms with Crippen LogP contribution in [-0.2, 0) is 0 Å². The Morgan fingerprint density at radius 2 is 2.17 bits per heavy atom. The maximum Gasteiger partial charge on any atom is 0.254 e. The van der Waals surface area contributed by atoms with Crippen LogP contribution in [-0.4, -0.2) is 17.3 Å². The van der Waals surface area contributed by atoms with E-state index in [9.17, 15) is 9.18 Å². The van der Waals surface area contributed by atoms with Crippen molar-refractivity contribution in [3.63, 3.8) is 0 Å². The summed E-state index contributed by atoms with van der Waals surface area (Å²) in [6.07, 6.45) is 1.34. The summed E-state index contributed by atoms with van der Waals surface area (Å²) in [7, 11) is 0. The molecule has 0 fully saturated rings. The summed E-state index contributed by atoms with van der Waals surface area (Å²) < 4.78 is 13.7. The lowest BCUT2D eigenvalue weighted by molar-refractivity contribution is 0.0897. The molecular formula is C13H16Cl2FNO. The minimum absolute atomic E-state index is 0.0447. The number of hydrogen-bond acceptors (Lipinski definition) is 1. The summed E-state index contributed by atoms with van der Waals surface area (Å²) in [6, 6.07) is 4.37. The average Bonchev–Trinajstić information content (AvgIpc) is 2.32. The number of carbonyl (C=O) groups is 1. The van der Waals surface area contributed by atoms with Crippen LogP contribution in [0.3, 0.4) is 0 Å². The van der Waals surface area contributed by atoms with Gasteiger partial charge in [0, 0.05) is 11.4 Å². The first kappa shape index (κ1) is 15.3. The van der Waals surface area contributed by atoms with Crippen molar-refractivity contribution in [2.45, 2.75) is 32.2 Å². The van der Waals surface area contributed by atoms with Gasteiger partial charge in [-0.3, -0.25) is 4.79 Å². The van der Waals surface area contributed by atoms with E-state index >= 15 is 0 Å². The van der Waals surface area contributed by atoms with Gasteiger partial charge in [0.15, 0.2) is 5.82 Å². The fraction of sp³-hybridized carbons (Fsp3) is 0.462. The van der Waals surface area contributed by atoms with Crippen LogP contribution in [0.15, 0.2) is 18.2 Å². The molecule has 1 amide bonds. The second-order valence-electron chi connectivity index (χ2n) is 4.41. The number of benzene rings is 1. The minimum atomic E-state index is -0.694. The standard InChI is InChI=1S/C13H16Cl2FNO/c1-3-13(2,7-8-14)17-12(18)9-5-4-6-10(15)11(9)16/h4-6H,3,7-8H2,1-2H3,(H,17,18). The Morgan fingerprint density at radius 3 is 2.72 bits per heavy atom. The highest BCUT2D eigenvalue weighted by atomic mass is 35.5. The molecule has 2 nitrogen and oxygen atoms in total. The van der Waals surface area contributed by atoms with Gasteiger partial charge in [0.1, 0.15) is 0 Å². The molecule has 0 aliphatic heterocycles. The zero-order valence-electron chi connectivity index (χ0n) is 10.4. The lowest BCUT2D eigenvalue weighted by Crippen LogP contribution is -2.46. The molecule has 18 heavy (non-hydrogen) atoms. The molecule has 0 radical (unpaired) electrons. The van der Waals surface area contributed by atoms with E-state index in [1.807, 2.05) is 13.8 Å². The van der Waals surface area contributed by atoms with Crippen molar-refractivity contribution in [1.82, 2.24) is 5.32 Å². The third kappa shape index (κ3) is 3.59. The highest BCUT2D eigenvalue weighted by Crippen LogP contribution is 2.20. The van der Waals surface area contributed by atoms with E-state index in [0.717, 1.165) is 0 Å². The molecule has 1 atom stereocenters. The van der Waals surface area contributed by atoms with Gasteiger partial charge in [0.05, 0.1) is 10.6 Å². The Kier molecular flexibility index (Phi) is 5.42. The molecule has 100 valence electrons. The topological polar surface area (TPSA) is 29.1 Å². The molecule has 1 N–H and O–H groups in total. The van der Waals surface area contributed by atoms with E-state index < -0.39 is 17.3 Å². The van der Waals surface area contributed by atoms with Crippen molar-refractivity contribution in [1.29, 1.82) is 0 Å². The second kappa shape index (κ2) is 6.39. The number of nitrogens with one attached hydrogen (secondary N) is 1. The van der Waals surface area contributed by atoms with Crippen molar-refractivity contribution < 1.29 is 9.18 Å². The van der Waals surface area contributed by atoms with E-state index in [-0.39, 0.29) is 10.6 Å². The zero-order chi connectivity index (χ0) is 13.8. The average molecular weight is 292 g/mol. The molecule has 0 saturated carbocycles. The van der Waals surface area contributed by atoms with Crippen LogP contribution in [0, 0.1) is 5.82 Å². The van der Waals surface area contributed by atoms with Crippen LogP contribution in [0.2, 0.25) is 5.02 Å². The number of rotatable bonds is 5. The fourth-order valence-corrected chi connectivity index (χ4v) is 2.15. The van der Waals surface area contributed by atoms with Gasteiger partial charge in [-0.05, 0) is 31.9 Å².